The van der Waals surface area contributed by atoms with Crippen LogP contribution in [-0.4, -0.2) is 31.1 Å². The predicted molar refractivity (Wildman–Crippen MR) is 128 cm³/mol. The Balaban J connectivity index is 1.74. The van der Waals surface area contributed by atoms with Crippen LogP contribution < -0.4 is 16.4 Å². The highest BCUT2D eigenvalue weighted by Gasteiger charge is 2.38. The van der Waals surface area contributed by atoms with E-state index in [0.29, 0.717) is 17.3 Å². The number of pyridine rings is 1. The van der Waals surface area contributed by atoms with E-state index >= 15 is 0 Å². The maximum absolute atomic E-state index is 13.8. The number of nitrogen functional groups attached to an aromatic ring is 1. The first-order chi connectivity index (χ1) is 17.3. The van der Waals surface area contributed by atoms with Gasteiger partial charge in [-0.15, -0.1) is 0 Å². The lowest BCUT2D eigenvalue weighted by Gasteiger charge is -2.19. The van der Waals surface area contributed by atoms with Gasteiger partial charge in [-0.2, -0.15) is 13.2 Å². The minimum atomic E-state index is -5.00. The van der Waals surface area contributed by atoms with Crippen molar-refractivity contribution in [3.8, 4) is 0 Å². The normalized spacial score (nSPS) is 12.4. The SMILES string of the molecule is C[C@H](NC(=O)CC(=O)Nc1ccc(C(=N)N)cc1)c1ccc(S(=O)(=O)c2cccnc2)c(C(F)(F)F)c1. The molecule has 0 radical (unpaired) electrons. The Bertz CT molecular complexity index is 1430. The number of aromatic nitrogens is 1. The molecule has 1 atom stereocenters. The number of amidine groups is 1. The molecule has 1 heterocycles. The Morgan fingerprint density at radius 1 is 1.08 bits per heavy atom. The highest BCUT2D eigenvalue weighted by molar-refractivity contribution is 7.91. The number of rotatable bonds is 8. The summed E-state index contributed by atoms with van der Waals surface area (Å²) in [7, 11) is -4.51. The average Bonchev–Trinajstić information content (AvgIpc) is 2.83. The molecule has 194 valence electrons. The quantitative estimate of drug-likeness (QED) is 0.198. The van der Waals surface area contributed by atoms with E-state index in [1.807, 2.05) is 0 Å². The van der Waals surface area contributed by atoms with Gasteiger partial charge < -0.3 is 16.4 Å². The van der Waals surface area contributed by atoms with Crippen molar-refractivity contribution >= 4 is 33.2 Å². The van der Waals surface area contributed by atoms with Gasteiger partial charge in [0.1, 0.15) is 12.3 Å². The number of nitrogens with two attached hydrogens (primary N) is 1. The van der Waals surface area contributed by atoms with Gasteiger partial charge in [0.2, 0.25) is 21.7 Å². The molecule has 13 heteroatoms. The zero-order chi connectivity index (χ0) is 27.4. The molecule has 5 N–H and O–H groups in total. The predicted octanol–water partition coefficient (Wildman–Crippen LogP) is 3.42. The molecular weight excluding hydrogens is 511 g/mol. The summed E-state index contributed by atoms with van der Waals surface area (Å²) in [5.74, 6) is -1.58. The summed E-state index contributed by atoms with van der Waals surface area (Å²) in [6.45, 7) is 1.40. The van der Waals surface area contributed by atoms with Crippen LogP contribution in [0.1, 0.15) is 36.1 Å². The monoisotopic (exact) mass is 533 g/mol. The summed E-state index contributed by atoms with van der Waals surface area (Å²) in [5.41, 5.74) is 4.77. The number of halogens is 3. The second-order valence-electron chi connectivity index (χ2n) is 7.95. The van der Waals surface area contributed by atoms with Gasteiger partial charge >= 0.3 is 6.18 Å². The van der Waals surface area contributed by atoms with Crippen LogP contribution in [0.15, 0.2) is 76.8 Å². The minimum absolute atomic E-state index is 0.00829. The molecule has 2 aromatic carbocycles. The number of sulfone groups is 1. The van der Waals surface area contributed by atoms with Gasteiger partial charge in [-0.3, -0.25) is 20.0 Å². The van der Waals surface area contributed by atoms with Gasteiger partial charge in [0.05, 0.1) is 21.4 Å². The topological polar surface area (TPSA) is 155 Å². The molecule has 9 nitrogen and oxygen atoms in total. The molecule has 0 bridgehead atoms. The molecule has 0 aliphatic rings. The number of nitrogens with one attached hydrogen (secondary N) is 3. The van der Waals surface area contributed by atoms with Crippen LogP contribution in [0.5, 0.6) is 0 Å². The molecule has 0 aliphatic heterocycles. The fourth-order valence-electron chi connectivity index (χ4n) is 3.37. The van der Waals surface area contributed by atoms with Gasteiger partial charge in [0, 0.05) is 23.6 Å². The van der Waals surface area contributed by atoms with Gasteiger partial charge in [-0.1, -0.05) is 6.07 Å². The summed E-state index contributed by atoms with van der Waals surface area (Å²) in [6, 6.07) is 10.1. The molecule has 2 amide bonds. The number of carbonyl (C=O) groups excluding carboxylic acids is 2. The zero-order valence-corrected chi connectivity index (χ0v) is 20.2. The van der Waals surface area contributed by atoms with Gasteiger partial charge in [0.15, 0.2) is 0 Å². The second-order valence-corrected chi connectivity index (χ2v) is 9.87. The fraction of sp³-hybridized carbons (Fsp3) is 0.167. The number of anilines is 1. The van der Waals surface area contributed by atoms with Crippen LogP contribution >= 0.6 is 0 Å². The fourth-order valence-corrected chi connectivity index (χ4v) is 4.79. The average molecular weight is 534 g/mol. The van der Waals surface area contributed by atoms with E-state index in [1.54, 1.807) is 0 Å². The van der Waals surface area contributed by atoms with Crippen molar-refractivity contribution in [3.05, 3.63) is 83.7 Å². The smallest absolute Gasteiger partial charge is 0.384 e. The van der Waals surface area contributed by atoms with Crippen molar-refractivity contribution in [1.82, 2.24) is 10.3 Å². The Morgan fingerprint density at radius 2 is 1.76 bits per heavy atom. The van der Waals surface area contributed by atoms with Crippen molar-refractivity contribution in [1.29, 1.82) is 5.41 Å². The number of carbonyl (C=O) groups is 2. The van der Waals surface area contributed by atoms with Crippen molar-refractivity contribution in [2.24, 2.45) is 5.73 Å². The number of benzene rings is 2. The number of amides is 2. The molecular formula is C24H22F3N5O4S. The van der Waals surface area contributed by atoms with Crippen LogP contribution in [-0.2, 0) is 25.6 Å². The summed E-state index contributed by atoms with van der Waals surface area (Å²) < 4.78 is 67.1. The lowest BCUT2D eigenvalue weighted by molar-refractivity contribution is -0.140. The third-order valence-corrected chi connectivity index (χ3v) is 7.02. The van der Waals surface area contributed by atoms with Crippen molar-refractivity contribution in [2.45, 2.75) is 35.4 Å². The molecule has 1 aromatic heterocycles. The molecule has 3 aromatic rings. The first kappa shape index (κ1) is 27.3. The number of hydrogen-bond donors (Lipinski definition) is 4. The molecule has 0 spiro atoms. The van der Waals surface area contributed by atoms with E-state index in [-0.39, 0.29) is 11.4 Å². The first-order valence-corrected chi connectivity index (χ1v) is 12.2. The summed E-state index contributed by atoms with van der Waals surface area (Å²) >= 11 is 0. The molecule has 0 aliphatic carbocycles. The number of nitrogens with zero attached hydrogens (tertiary/aromatic N) is 1. The summed E-state index contributed by atoms with van der Waals surface area (Å²) in [6.07, 6.45) is -3.36. The largest absolute Gasteiger partial charge is 0.417 e. The van der Waals surface area contributed by atoms with Crippen LogP contribution in [0, 0.1) is 5.41 Å². The standard InChI is InChI=1S/C24H22F3N5O4S/c1-14(31-21(33)12-22(34)32-17-7-4-15(5-8-17)23(28)29)16-6-9-20(19(11-16)24(25,26)27)37(35,36)18-3-2-10-30-13-18/h2-11,13-14H,12H2,1H3,(H3,28,29)(H,31,33)(H,32,34)/t14-/m0/s1. The van der Waals surface area contributed by atoms with Gasteiger partial charge in [-0.25, -0.2) is 8.42 Å². The third-order valence-electron chi connectivity index (χ3n) is 5.22. The Labute approximate surface area is 210 Å². The number of alkyl halides is 3. The maximum atomic E-state index is 13.8. The summed E-state index contributed by atoms with van der Waals surface area (Å²) in [5, 5.41) is 12.3. The van der Waals surface area contributed by atoms with E-state index in [2.05, 4.69) is 15.6 Å². The van der Waals surface area contributed by atoms with E-state index in [1.165, 1.54) is 49.5 Å². The lowest BCUT2D eigenvalue weighted by Crippen LogP contribution is -2.30. The zero-order valence-electron chi connectivity index (χ0n) is 19.3. The second kappa shape index (κ2) is 10.8. The Kier molecular flexibility index (Phi) is 7.96. The van der Waals surface area contributed by atoms with Crippen LogP contribution in [0.2, 0.25) is 0 Å². The van der Waals surface area contributed by atoms with Crippen molar-refractivity contribution in [3.63, 3.8) is 0 Å². The highest BCUT2D eigenvalue weighted by atomic mass is 32.2. The van der Waals surface area contributed by atoms with E-state index in [9.17, 15) is 31.2 Å². The van der Waals surface area contributed by atoms with Crippen molar-refractivity contribution in [2.75, 3.05) is 5.32 Å². The molecule has 3 rings (SSSR count). The minimum Gasteiger partial charge on any atom is -0.384 e. The number of hydrogen-bond acceptors (Lipinski definition) is 6. The highest BCUT2D eigenvalue weighted by Crippen LogP contribution is 2.37. The summed E-state index contributed by atoms with van der Waals surface area (Å²) in [4.78, 5) is 26.8. The van der Waals surface area contributed by atoms with Crippen LogP contribution in [0.25, 0.3) is 0 Å². The lowest BCUT2D eigenvalue weighted by atomic mass is 10.0. The van der Waals surface area contributed by atoms with E-state index < -0.39 is 55.6 Å². The Morgan fingerprint density at radius 3 is 2.32 bits per heavy atom. The molecule has 0 unspecified atom stereocenters. The van der Waals surface area contributed by atoms with E-state index in [4.69, 9.17) is 11.1 Å². The third kappa shape index (κ3) is 6.70. The van der Waals surface area contributed by atoms with Gasteiger partial charge in [0.25, 0.3) is 0 Å². The molecule has 0 saturated heterocycles. The van der Waals surface area contributed by atoms with Gasteiger partial charge in [-0.05, 0) is 61.0 Å². The molecule has 0 saturated carbocycles. The molecule has 37 heavy (non-hydrogen) atoms. The van der Waals surface area contributed by atoms with Crippen molar-refractivity contribution < 1.29 is 31.2 Å². The maximum Gasteiger partial charge on any atom is 0.417 e. The first-order valence-electron chi connectivity index (χ1n) is 10.7. The molecule has 0 fully saturated rings. The van der Waals surface area contributed by atoms with Crippen LogP contribution in [0.4, 0.5) is 18.9 Å². The Hall–Kier alpha value is -4.26. The van der Waals surface area contributed by atoms with E-state index in [0.717, 1.165) is 18.3 Å². The van der Waals surface area contributed by atoms with Crippen LogP contribution in [0.3, 0.4) is 0 Å².